The summed E-state index contributed by atoms with van der Waals surface area (Å²) in [6.07, 6.45) is 2.71. The second-order valence-electron chi connectivity index (χ2n) is 4.12. The van der Waals surface area contributed by atoms with Crippen LogP contribution in [0.4, 0.5) is 5.69 Å². The van der Waals surface area contributed by atoms with Gasteiger partial charge in [0, 0.05) is 0 Å². The molecular formula is C11H16N2O2S. The van der Waals surface area contributed by atoms with Crippen molar-refractivity contribution in [3.05, 3.63) is 29.8 Å². The minimum Gasteiger partial charge on any atom is -0.330 e. The number of nitrogens with zero attached hydrogens (tertiary/aromatic N) is 1. The quantitative estimate of drug-likeness (QED) is 0.847. The molecule has 1 unspecified atom stereocenters. The lowest BCUT2D eigenvalue weighted by Crippen LogP contribution is -2.38. The fourth-order valence-electron chi connectivity index (χ4n) is 2.29. The van der Waals surface area contributed by atoms with Crippen LogP contribution in [-0.4, -0.2) is 27.3 Å². The highest BCUT2D eigenvalue weighted by molar-refractivity contribution is 7.92. The highest BCUT2D eigenvalue weighted by atomic mass is 32.2. The predicted molar refractivity (Wildman–Crippen MR) is 64.9 cm³/mol. The van der Waals surface area contributed by atoms with E-state index < -0.39 is 10.0 Å². The Labute approximate surface area is 96.1 Å². The van der Waals surface area contributed by atoms with Gasteiger partial charge in [0.25, 0.3) is 0 Å². The van der Waals surface area contributed by atoms with Gasteiger partial charge in [-0.25, -0.2) is 8.42 Å². The normalized spacial score (nSPS) is 19.9. The van der Waals surface area contributed by atoms with Gasteiger partial charge in [-0.1, -0.05) is 18.2 Å². The van der Waals surface area contributed by atoms with E-state index in [2.05, 4.69) is 0 Å². The Morgan fingerprint density at radius 2 is 2.12 bits per heavy atom. The number of benzene rings is 1. The molecule has 0 fully saturated rings. The number of fused-ring (bicyclic) bond motifs is 1. The molecule has 0 saturated heterocycles. The molecule has 0 amide bonds. The van der Waals surface area contributed by atoms with Crippen molar-refractivity contribution < 1.29 is 8.42 Å². The zero-order chi connectivity index (χ0) is 11.8. The van der Waals surface area contributed by atoms with Gasteiger partial charge < -0.3 is 5.73 Å². The van der Waals surface area contributed by atoms with Crippen LogP contribution in [0.15, 0.2) is 24.3 Å². The summed E-state index contributed by atoms with van der Waals surface area (Å²) >= 11 is 0. The van der Waals surface area contributed by atoms with Crippen molar-refractivity contribution in [1.82, 2.24) is 0 Å². The number of hydrogen-bond acceptors (Lipinski definition) is 3. The van der Waals surface area contributed by atoms with Crippen molar-refractivity contribution in [3.63, 3.8) is 0 Å². The molecule has 1 heterocycles. The summed E-state index contributed by atoms with van der Waals surface area (Å²) in [5.74, 6) is 0. The van der Waals surface area contributed by atoms with E-state index in [4.69, 9.17) is 5.73 Å². The summed E-state index contributed by atoms with van der Waals surface area (Å²) in [6, 6.07) is 7.61. The van der Waals surface area contributed by atoms with Crippen LogP contribution in [0, 0.1) is 0 Å². The van der Waals surface area contributed by atoms with Crippen LogP contribution in [-0.2, 0) is 16.4 Å². The molecule has 16 heavy (non-hydrogen) atoms. The second kappa shape index (κ2) is 4.07. The third-order valence-corrected chi connectivity index (χ3v) is 4.08. The molecule has 1 aliphatic heterocycles. The van der Waals surface area contributed by atoms with E-state index in [1.165, 1.54) is 10.6 Å². The Morgan fingerprint density at radius 3 is 2.75 bits per heavy atom. The summed E-state index contributed by atoms with van der Waals surface area (Å²) in [4.78, 5) is 0. The minimum atomic E-state index is -3.21. The first-order chi connectivity index (χ1) is 7.54. The van der Waals surface area contributed by atoms with Gasteiger partial charge in [-0.3, -0.25) is 4.31 Å². The van der Waals surface area contributed by atoms with Crippen LogP contribution in [0.3, 0.4) is 0 Å². The topological polar surface area (TPSA) is 63.4 Å². The fraction of sp³-hybridized carbons (Fsp3) is 0.455. The standard InChI is InChI=1S/C11H16N2O2S/c1-16(14,15)13-10(6-7-12)8-9-4-2-3-5-11(9)13/h2-5,10H,6-8,12H2,1H3. The molecule has 2 rings (SSSR count). The highest BCUT2D eigenvalue weighted by Crippen LogP contribution is 2.34. The number of rotatable bonds is 3. The average Bonchev–Trinajstić information content (AvgIpc) is 2.55. The largest absolute Gasteiger partial charge is 0.330 e. The molecule has 0 aromatic heterocycles. The molecule has 5 heteroatoms. The minimum absolute atomic E-state index is 0.0163. The average molecular weight is 240 g/mol. The number of hydrogen-bond donors (Lipinski definition) is 1. The summed E-state index contributed by atoms with van der Waals surface area (Å²) < 4.78 is 25.0. The van der Waals surface area contributed by atoms with Gasteiger partial charge >= 0.3 is 0 Å². The van der Waals surface area contributed by atoms with Gasteiger partial charge in [0.15, 0.2) is 0 Å². The maximum atomic E-state index is 11.8. The molecule has 1 aromatic rings. The van der Waals surface area contributed by atoms with Crippen LogP contribution in [0.1, 0.15) is 12.0 Å². The van der Waals surface area contributed by atoms with Crippen LogP contribution < -0.4 is 10.0 Å². The molecule has 2 N–H and O–H groups in total. The van der Waals surface area contributed by atoms with E-state index in [0.29, 0.717) is 13.0 Å². The van der Waals surface area contributed by atoms with Crippen molar-refractivity contribution in [1.29, 1.82) is 0 Å². The third kappa shape index (κ3) is 1.92. The van der Waals surface area contributed by atoms with E-state index in [1.807, 2.05) is 24.3 Å². The molecule has 0 aliphatic carbocycles. The van der Waals surface area contributed by atoms with E-state index in [0.717, 1.165) is 17.7 Å². The molecule has 1 aromatic carbocycles. The van der Waals surface area contributed by atoms with E-state index in [-0.39, 0.29) is 6.04 Å². The maximum Gasteiger partial charge on any atom is 0.232 e. The molecule has 0 radical (unpaired) electrons. The van der Waals surface area contributed by atoms with Crippen molar-refractivity contribution in [2.45, 2.75) is 18.9 Å². The molecule has 4 nitrogen and oxygen atoms in total. The monoisotopic (exact) mass is 240 g/mol. The summed E-state index contributed by atoms with van der Waals surface area (Å²) in [6.45, 7) is 0.505. The zero-order valence-electron chi connectivity index (χ0n) is 9.26. The molecule has 1 aliphatic rings. The zero-order valence-corrected chi connectivity index (χ0v) is 10.1. The number of para-hydroxylation sites is 1. The molecule has 0 saturated carbocycles. The van der Waals surface area contributed by atoms with Gasteiger partial charge in [0.1, 0.15) is 0 Å². The summed E-state index contributed by atoms with van der Waals surface area (Å²) in [7, 11) is -3.21. The van der Waals surface area contributed by atoms with Gasteiger partial charge in [-0.15, -0.1) is 0 Å². The van der Waals surface area contributed by atoms with Crippen LogP contribution in [0.25, 0.3) is 0 Å². The molecule has 1 atom stereocenters. The fourth-order valence-corrected chi connectivity index (χ4v) is 3.55. The van der Waals surface area contributed by atoms with Crippen molar-refractivity contribution in [2.24, 2.45) is 5.73 Å². The first-order valence-corrected chi connectivity index (χ1v) is 7.16. The van der Waals surface area contributed by atoms with Crippen LogP contribution >= 0.6 is 0 Å². The van der Waals surface area contributed by atoms with E-state index in [9.17, 15) is 8.42 Å². The smallest absolute Gasteiger partial charge is 0.232 e. The van der Waals surface area contributed by atoms with Crippen LogP contribution in [0.2, 0.25) is 0 Å². The van der Waals surface area contributed by atoms with E-state index >= 15 is 0 Å². The lowest BCUT2D eigenvalue weighted by atomic mass is 10.1. The summed E-state index contributed by atoms with van der Waals surface area (Å²) in [5.41, 5.74) is 7.43. The van der Waals surface area contributed by atoms with Crippen molar-refractivity contribution >= 4 is 15.7 Å². The molecular weight excluding hydrogens is 224 g/mol. The maximum absolute atomic E-state index is 11.8. The first-order valence-electron chi connectivity index (χ1n) is 5.31. The Balaban J connectivity index is 2.44. The lowest BCUT2D eigenvalue weighted by molar-refractivity contribution is 0.576. The van der Waals surface area contributed by atoms with Gasteiger partial charge in [0.2, 0.25) is 10.0 Å². The van der Waals surface area contributed by atoms with Gasteiger partial charge in [-0.05, 0) is 31.0 Å². The van der Waals surface area contributed by atoms with E-state index in [1.54, 1.807) is 0 Å². The first kappa shape index (κ1) is 11.4. The number of nitrogens with two attached hydrogens (primary N) is 1. The van der Waals surface area contributed by atoms with Gasteiger partial charge in [-0.2, -0.15) is 0 Å². The van der Waals surface area contributed by atoms with Gasteiger partial charge in [0.05, 0.1) is 18.0 Å². The second-order valence-corrected chi connectivity index (χ2v) is 5.98. The number of sulfonamides is 1. The molecule has 0 spiro atoms. The van der Waals surface area contributed by atoms with Crippen molar-refractivity contribution in [2.75, 3.05) is 17.1 Å². The van der Waals surface area contributed by atoms with Crippen molar-refractivity contribution in [3.8, 4) is 0 Å². The Bertz CT molecular complexity index is 485. The highest BCUT2D eigenvalue weighted by Gasteiger charge is 2.34. The Hall–Kier alpha value is -1.07. The predicted octanol–water partition coefficient (Wildman–Crippen LogP) is 0.726. The third-order valence-electron chi connectivity index (χ3n) is 2.87. The number of anilines is 1. The van der Waals surface area contributed by atoms with Crippen LogP contribution in [0.5, 0.6) is 0 Å². The lowest BCUT2D eigenvalue weighted by Gasteiger charge is -2.24. The Kier molecular flexibility index (Phi) is 2.90. The Morgan fingerprint density at radius 1 is 1.44 bits per heavy atom. The molecule has 0 bridgehead atoms. The summed E-state index contributed by atoms with van der Waals surface area (Å²) in [5, 5.41) is 0. The molecule has 88 valence electrons. The SMILES string of the molecule is CS(=O)(=O)N1c2ccccc2CC1CCN.